The minimum atomic E-state index is -0.550. The van der Waals surface area contributed by atoms with E-state index in [-0.39, 0.29) is 17.0 Å². The first kappa shape index (κ1) is 13.3. The molecule has 1 saturated carbocycles. The van der Waals surface area contributed by atoms with Crippen molar-refractivity contribution in [1.29, 1.82) is 0 Å². The molecule has 0 heterocycles. The molecule has 98 valence electrons. The maximum atomic E-state index is 13.0. The molecule has 0 saturated heterocycles. The molecule has 1 aliphatic rings. The summed E-state index contributed by atoms with van der Waals surface area (Å²) >= 11 is 5.62. The smallest absolute Gasteiger partial charge is 0.251 e. The van der Waals surface area contributed by atoms with E-state index in [1.165, 1.54) is 12.1 Å². The Balaban J connectivity index is 2.04. The van der Waals surface area contributed by atoms with Gasteiger partial charge in [0.05, 0.1) is 17.2 Å². The Hall–Kier alpha value is -1.13. The lowest BCUT2D eigenvalue weighted by molar-refractivity contribution is 0.0717. The molecule has 2 rings (SSSR count). The number of rotatable bonds is 2. The molecule has 0 radical (unpaired) electrons. The van der Waals surface area contributed by atoms with Gasteiger partial charge in [0.25, 0.3) is 5.91 Å². The monoisotopic (exact) mass is 271 g/mol. The number of hydrogen-bond donors (Lipinski definition) is 2. The summed E-state index contributed by atoms with van der Waals surface area (Å²) < 4.78 is 13.0. The number of halogens is 2. The number of hydrogen-bond acceptors (Lipinski definition) is 2. The van der Waals surface area contributed by atoms with Crippen LogP contribution in [-0.2, 0) is 0 Å². The molecule has 0 bridgehead atoms. The van der Waals surface area contributed by atoms with E-state index in [9.17, 15) is 14.3 Å². The number of benzene rings is 1. The molecule has 18 heavy (non-hydrogen) atoms. The number of nitrogens with one attached hydrogen (secondary N) is 1. The van der Waals surface area contributed by atoms with Crippen LogP contribution in [0.25, 0.3) is 0 Å². The van der Waals surface area contributed by atoms with Crippen molar-refractivity contribution in [3.63, 3.8) is 0 Å². The van der Waals surface area contributed by atoms with E-state index in [1.807, 2.05) is 0 Å². The molecule has 0 unspecified atom stereocenters. The highest BCUT2D eigenvalue weighted by Crippen LogP contribution is 2.20. The molecule has 0 aromatic heterocycles. The fraction of sp³-hybridized carbons (Fsp3) is 0.462. The average molecular weight is 272 g/mol. The summed E-state index contributed by atoms with van der Waals surface area (Å²) in [5, 5.41) is 12.4. The topological polar surface area (TPSA) is 49.3 Å². The zero-order chi connectivity index (χ0) is 13.1. The molecule has 0 aliphatic heterocycles. The predicted octanol–water partition coefficient (Wildman–Crippen LogP) is 2.51. The summed E-state index contributed by atoms with van der Waals surface area (Å²) in [5.74, 6) is -0.881. The molecule has 1 aromatic carbocycles. The van der Waals surface area contributed by atoms with Crippen molar-refractivity contribution < 1.29 is 14.3 Å². The Kier molecular flexibility index (Phi) is 4.19. The summed E-state index contributed by atoms with van der Waals surface area (Å²) in [6.07, 6.45) is 2.94. The molecule has 1 aliphatic carbocycles. The van der Waals surface area contributed by atoms with E-state index >= 15 is 0 Å². The third kappa shape index (κ3) is 3.00. The van der Waals surface area contributed by atoms with Crippen molar-refractivity contribution in [3.8, 4) is 0 Å². The van der Waals surface area contributed by atoms with Crippen molar-refractivity contribution in [1.82, 2.24) is 5.32 Å². The third-order valence-corrected chi connectivity index (χ3v) is 3.52. The maximum absolute atomic E-state index is 13.0. The molecule has 3 nitrogen and oxygen atoms in total. The van der Waals surface area contributed by atoms with Gasteiger partial charge in [-0.25, -0.2) is 4.39 Å². The van der Waals surface area contributed by atoms with E-state index < -0.39 is 11.9 Å². The summed E-state index contributed by atoms with van der Waals surface area (Å²) in [4.78, 5) is 11.9. The molecule has 1 fully saturated rings. The van der Waals surface area contributed by atoms with Gasteiger partial charge in [0.2, 0.25) is 0 Å². The number of carbonyl (C=O) groups is 1. The normalized spacial score (nSPS) is 23.7. The van der Waals surface area contributed by atoms with Crippen LogP contribution in [0.1, 0.15) is 36.0 Å². The fourth-order valence-corrected chi connectivity index (χ4v) is 2.35. The quantitative estimate of drug-likeness (QED) is 0.868. The zero-order valence-electron chi connectivity index (χ0n) is 9.83. The highest BCUT2D eigenvalue weighted by atomic mass is 35.5. The van der Waals surface area contributed by atoms with Crippen LogP contribution in [0.3, 0.4) is 0 Å². The fourth-order valence-electron chi connectivity index (χ4n) is 2.17. The van der Waals surface area contributed by atoms with E-state index in [0.29, 0.717) is 12.0 Å². The lowest BCUT2D eigenvalue weighted by atomic mass is 9.92. The Morgan fingerprint density at radius 1 is 1.39 bits per heavy atom. The number of amides is 1. The minimum absolute atomic E-state index is 0.0770. The first-order valence-corrected chi connectivity index (χ1v) is 6.39. The summed E-state index contributed by atoms with van der Waals surface area (Å²) in [6.45, 7) is 0. The molecular formula is C13H15ClFNO2. The molecule has 2 atom stereocenters. The molecular weight excluding hydrogens is 257 g/mol. The van der Waals surface area contributed by atoms with Crippen LogP contribution in [0.2, 0.25) is 5.02 Å². The second-order valence-corrected chi connectivity index (χ2v) is 4.97. The molecule has 0 spiro atoms. The van der Waals surface area contributed by atoms with Gasteiger partial charge < -0.3 is 10.4 Å². The van der Waals surface area contributed by atoms with Crippen LogP contribution in [0.4, 0.5) is 4.39 Å². The minimum Gasteiger partial charge on any atom is -0.391 e. The van der Waals surface area contributed by atoms with E-state index in [4.69, 9.17) is 11.6 Å². The summed E-state index contributed by atoms with van der Waals surface area (Å²) in [7, 11) is 0. The first-order valence-electron chi connectivity index (χ1n) is 6.02. The number of aliphatic hydroxyl groups excluding tert-OH is 1. The van der Waals surface area contributed by atoms with Gasteiger partial charge in [-0.05, 0) is 31.0 Å². The standard InChI is InChI=1S/C13H15ClFNO2/c14-9-7-8(5-6-10(9)15)13(18)16-11-3-1-2-4-12(11)17/h5-7,11-12,17H,1-4H2,(H,16,18)/t11-,12-/m1/s1. The highest BCUT2D eigenvalue weighted by molar-refractivity contribution is 6.31. The maximum Gasteiger partial charge on any atom is 0.251 e. The Labute approximate surface area is 110 Å². The largest absolute Gasteiger partial charge is 0.391 e. The molecule has 1 aromatic rings. The van der Waals surface area contributed by atoms with Crippen LogP contribution in [0.15, 0.2) is 18.2 Å². The van der Waals surface area contributed by atoms with Crippen LogP contribution in [0, 0.1) is 5.82 Å². The van der Waals surface area contributed by atoms with Gasteiger partial charge in [0.1, 0.15) is 5.82 Å². The predicted molar refractivity (Wildman–Crippen MR) is 67.1 cm³/mol. The summed E-state index contributed by atoms with van der Waals surface area (Å²) in [6, 6.07) is 3.61. The van der Waals surface area contributed by atoms with Crippen molar-refractivity contribution in [2.75, 3.05) is 0 Å². The van der Waals surface area contributed by atoms with Crippen molar-refractivity contribution >= 4 is 17.5 Å². The molecule has 1 amide bonds. The van der Waals surface area contributed by atoms with Gasteiger partial charge in [0.15, 0.2) is 0 Å². The van der Waals surface area contributed by atoms with Gasteiger partial charge in [-0.2, -0.15) is 0 Å². The zero-order valence-corrected chi connectivity index (χ0v) is 10.6. The first-order chi connectivity index (χ1) is 8.58. The van der Waals surface area contributed by atoms with Crippen molar-refractivity contribution in [2.45, 2.75) is 37.8 Å². The second-order valence-electron chi connectivity index (χ2n) is 4.56. The molecule has 5 heteroatoms. The van der Waals surface area contributed by atoms with Crippen LogP contribution in [0.5, 0.6) is 0 Å². The third-order valence-electron chi connectivity index (χ3n) is 3.23. The van der Waals surface area contributed by atoms with E-state index in [1.54, 1.807) is 0 Å². The molecule has 2 N–H and O–H groups in total. The lowest BCUT2D eigenvalue weighted by Gasteiger charge is -2.28. The number of carbonyl (C=O) groups excluding carboxylic acids is 1. The van der Waals surface area contributed by atoms with Crippen molar-refractivity contribution in [2.24, 2.45) is 0 Å². The Bertz CT molecular complexity index is 453. The Morgan fingerprint density at radius 3 is 2.78 bits per heavy atom. The lowest BCUT2D eigenvalue weighted by Crippen LogP contribution is -2.45. The van der Waals surface area contributed by atoms with E-state index in [0.717, 1.165) is 25.3 Å². The number of aliphatic hydroxyl groups is 1. The summed E-state index contributed by atoms with van der Waals surface area (Å²) in [5.41, 5.74) is 0.305. The van der Waals surface area contributed by atoms with Crippen LogP contribution >= 0.6 is 11.6 Å². The van der Waals surface area contributed by atoms with Crippen LogP contribution < -0.4 is 5.32 Å². The van der Waals surface area contributed by atoms with Gasteiger partial charge >= 0.3 is 0 Å². The second kappa shape index (κ2) is 5.67. The van der Waals surface area contributed by atoms with E-state index in [2.05, 4.69) is 5.32 Å². The Morgan fingerprint density at radius 2 is 2.11 bits per heavy atom. The van der Waals surface area contributed by atoms with Gasteiger partial charge in [-0.1, -0.05) is 24.4 Å². The average Bonchev–Trinajstić information content (AvgIpc) is 2.35. The van der Waals surface area contributed by atoms with Gasteiger partial charge in [-0.15, -0.1) is 0 Å². The van der Waals surface area contributed by atoms with Gasteiger partial charge in [-0.3, -0.25) is 4.79 Å². The van der Waals surface area contributed by atoms with Gasteiger partial charge in [0, 0.05) is 5.56 Å². The SMILES string of the molecule is O=C(N[C@@H]1CCCC[C@H]1O)c1ccc(F)c(Cl)c1. The van der Waals surface area contributed by atoms with Crippen LogP contribution in [-0.4, -0.2) is 23.2 Å². The highest BCUT2D eigenvalue weighted by Gasteiger charge is 2.24. The van der Waals surface area contributed by atoms with Crippen molar-refractivity contribution in [3.05, 3.63) is 34.6 Å².